The summed E-state index contributed by atoms with van der Waals surface area (Å²) in [5.74, 6) is -0.125. The second kappa shape index (κ2) is 6.86. The van der Waals surface area contributed by atoms with Crippen molar-refractivity contribution in [3.63, 3.8) is 0 Å². The molecule has 3 aromatic rings. The van der Waals surface area contributed by atoms with Crippen LogP contribution < -0.4 is 11.2 Å². The molecule has 2 N–H and O–H groups in total. The number of H-pyrrole nitrogens is 1. The van der Waals surface area contributed by atoms with Crippen LogP contribution in [0.4, 0.5) is 5.82 Å². The Balaban J connectivity index is 2.14. The number of nitrogens with one attached hydrogen (secondary N) is 1. The number of aromatic hydroxyl groups is 1. The quantitative estimate of drug-likeness (QED) is 0.659. The van der Waals surface area contributed by atoms with E-state index in [-0.39, 0.29) is 5.56 Å². The van der Waals surface area contributed by atoms with Crippen LogP contribution in [0.15, 0.2) is 61.6 Å². The Morgan fingerprint density at radius 2 is 2.00 bits per heavy atom. The van der Waals surface area contributed by atoms with E-state index in [0.717, 1.165) is 14.6 Å². The summed E-state index contributed by atoms with van der Waals surface area (Å²) in [5, 5.41) is 10.5. The minimum atomic E-state index is -0.729. The van der Waals surface area contributed by atoms with Gasteiger partial charge in [0.2, 0.25) is 5.88 Å². The molecule has 3 rings (SSSR count). The second-order valence-corrected chi connectivity index (χ2v) is 6.13. The summed E-state index contributed by atoms with van der Waals surface area (Å²) in [5.41, 5.74) is -0.349. The average Bonchev–Trinajstić information content (AvgIpc) is 2.57. The molecule has 0 saturated heterocycles. The van der Waals surface area contributed by atoms with E-state index in [4.69, 9.17) is 0 Å². The zero-order chi connectivity index (χ0) is 18.0. The van der Waals surface area contributed by atoms with Crippen molar-refractivity contribution in [3.05, 3.63) is 79.0 Å². The van der Waals surface area contributed by atoms with E-state index in [9.17, 15) is 14.7 Å². The molecule has 0 bridgehead atoms. The Morgan fingerprint density at radius 1 is 1.24 bits per heavy atom. The zero-order valence-electron chi connectivity index (χ0n) is 13.1. The first kappa shape index (κ1) is 16.8. The van der Waals surface area contributed by atoms with Gasteiger partial charge >= 0.3 is 5.69 Å². The maximum atomic E-state index is 12.2. The predicted octanol–water partition coefficient (Wildman–Crippen LogP) is 2.45. The topological polar surface area (TPSA) is 100 Å². The number of aryl methyl sites for hydroxylation is 1. The maximum absolute atomic E-state index is 12.2. The SMILES string of the molecule is Cc1ccccc1-n1c(O)c(C=Nc2ccc(Br)cn2)c(=O)[nH]c1=O. The molecule has 8 heteroatoms. The lowest BCUT2D eigenvalue weighted by molar-refractivity contribution is 0.430. The van der Waals surface area contributed by atoms with Crippen molar-refractivity contribution < 1.29 is 5.11 Å². The first-order valence-electron chi connectivity index (χ1n) is 7.27. The monoisotopic (exact) mass is 400 g/mol. The van der Waals surface area contributed by atoms with Crippen LogP contribution in [-0.4, -0.2) is 25.9 Å². The summed E-state index contributed by atoms with van der Waals surface area (Å²) in [6.07, 6.45) is 2.74. The fourth-order valence-corrected chi connectivity index (χ4v) is 2.50. The van der Waals surface area contributed by atoms with Gasteiger partial charge in [-0.05, 0) is 46.6 Å². The summed E-state index contributed by atoms with van der Waals surface area (Å²) in [7, 11) is 0. The molecule has 1 aromatic carbocycles. The van der Waals surface area contributed by atoms with Crippen LogP contribution in [0.25, 0.3) is 5.69 Å². The van der Waals surface area contributed by atoms with E-state index in [2.05, 4.69) is 30.9 Å². The number of pyridine rings is 1. The molecule has 0 aliphatic carbocycles. The molecule has 25 heavy (non-hydrogen) atoms. The van der Waals surface area contributed by atoms with Gasteiger partial charge < -0.3 is 5.11 Å². The molecule has 0 amide bonds. The molecule has 0 aliphatic rings. The number of rotatable bonds is 3. The first-order chi connectivity index (χ1) is 12.0. The number of aromatic amines is 1. The minimum absolute atomic E-state index is 0.132. The average molecular weight is 401 g/mol. The highest BCUT2D eigenvalue weighted by atomic mass is 79.9. The van der Waals surface area contributed by atoms with Crippen LogP contribution in [0.3, 0.4) is 0 Å². The normalized spacial score (nSPS) is 11.1. The Bertz CT molecular complexity index is 1070. The lowest BCUT2D eigenvalue weighted by Gasteiger charge is -2.11. The molecular weight excluding hydrogens is 388 g/mol. The lowest BCUT2D eigenvalue weighted by Crippen LogP contribution is -2.31. The van der Waals surface area contributed by atoms with E-state index in [1.807, 2.05) is 6.07 Å². The van der Waals surface area contributed by atoms with Gasteiger partial charge in [0.15, 0.2) is 5.82 Å². The Hall–Kier alpha value is -3.00. The molecule has 0 atom stereocenters. The number of hydrogen-bond donors (Lipinski definition) is 2. The Morgan fingerprint density at radius 3 is 2.68 bits per heavy atom. The molecule has 7 nitrogen and oxygen atoms in total. The number of halogens is 1. The van der Waals surface area contributed by atoms with Crippen LogP contribution in [0.2, 0.25) is 0 Å². The third-order valence-corrected chi connectivity index (χ3v) is 3.98. The summed E-state index contributed by atoms with van der Waals surface area (Å²) < 4.78 is 1.83. The second-order valence-electron chi connectivity index (χ2n) is 5.21. The number of para-hydroxylation sites is 1. The molecule has 0 radical (unpaired) electrons. The van der Waals surface area contributed by atoms with Gasteiger partial charge in [-0.25, -0.2) is 19.3 Å². The van der Waals surface area contributed by atoms with Gasteiger partial charge in [-0.15, -0.1) is 0 Å². The summed E-state index contributed by atoms with van der Waals surface area (Å²) in [6.45, 7) is 1.80. The van der Waals surface area contributed by atoms with E-state index in [0.29, 0.717) is 11.5 Å². The van der Waals surface area contributed by atoms with Gasteiger partial charge in [0, 0.05) is 16.9 Å². The molecule has 0 spiro atoms. The van der Waals surface area contributed by atoms with Gasteiger partial charge in [0.1, 0.15) is 5.56 Å². The van der Waals surface area contributed by atoms with Gasteiger partial charge in [-0.1, -0.05) is 18.2 Å². The molecule has 126 valence electrons. The largest absolute Gasteiger partial charge is 0.493 e. The van der Waals surface area contributed by atoms with Crippen molar-refractivity contribution in [1.82, 2.24) is 14.5 Å². The zero-order valence-corrected chi connectivity index (χ0v) is 14.7. The fraction of sp³-hybridized carbons (Fsp3) is 0.0588. The summed E-state index contributed by atoms with van der Waals surface area (Å²) in [4.78, 5) is 34.5. The van der Waals surface area contributed by atoms with Crippen LogP contribution in [-0.2, 0) is 0 Å². The summed E-state index contributed by atoms with van der Waals surface area (Å²) in [6, 6.07) is 10.4. The first-order valence-corrected chi connectivity index (χ1v) is 8.06. The van der Waals surface area contributed by atoms with Gasteiger partial charge in [-0.2, -0.15) is 0 Å². The fourth-order valence-electron chi connectivity index (χ4n) is 2.27. The van der Waals surface area contributed by atoms with Crippen molar-refractivity contribution in [3.8, 4) is 11.6 Å². The Kier molecular flexibility index (Phi) is 4.62. The minimum Gasteiger partial charge on any atom is -0.493 e. The smallest absolute Gasteiger partial charge is 0.335 e. The highest BCUT2D eigenvalue weighted by molar-refractivity contribution is 9.10. The third-order valence-electron chi connectivity index (χ3n) is 3.51. The molecule has 0 unspecified atom stereocenters. The number of nitrogens with zero attached hydrogens (tertiary/aromatic N) is 3. The molecular formula is C17H13BrN4O3. The van der Waals surface area contributed by atoms with Gasteiger partial charge in [0.25, 0.3) is 5.56 Å². The van der Waals surface area contributed by atoms with E-state index in [1.54, 1.807) is 43.5 Å². The summed E-state index contributed by atoms with van der Waals surface area (Å²) >= 11 is 3.27. The number of hydrogen-bond acceptors (Lipinski definition) is 5. The molecule has 2 aromatic heterocycles. The van der Waals surface area contributed by atoms with Gasteiger partial charge in [0.05, 0.1) is 5.69 Å². The van der Waals surface area contributed by atoms with Crippen LogP contribution in [0, 0.1) is 6.92 Å². The van der Waals surface area contributed by atoms with Crippen molar-refractivity contribution in [1.29, 1.82) is 0 Å². The molecule has 0 fully saturated rings. The highest BCUT2D eigenvalue weighted by Crippen LogP contribution is 2.19. The van der Waals surface area contributed by atoms with E-state index >= 15 is 0 Å². The predicted molar refractivity (Wildman–Crippen MR) is 98.3 cm³/mol. The van der Waals surface area contributed by atoms with Crippen molar-refractivity contribution >= 4 is 28.0 Å². The maximum Gasteiger partial charge on any atom is 0.335 e. The molecule has 2 heterocycles. The van der Waals surface area contributed by atoms with Crippen molar-refractivity contribution in [2.45, 2.75) is 6.92 Å². The van der Waals surface area contributed by atoms with Crippen molar-refractivity contribution in [2.24, 2.45) is 4.99 Å². The highest BCUT2D eigenvalue weighted by Gasteiger charge is 2.15. The van der Waals surface area contributed by atoms with Crippen LogP contribution in [0.5, 0.6) is 5.88 Å². The standard InChI is InChI=1S/C17H13BrN4O3/c1-10-4-2-3-5-13(10)22-16(24)12(15(23)21-17(22)25)9-20-14-7-6-11(18)8-19-14/h2-9,24H,1H3,(H,21,23,25). The van der Waals surface area contributed by atoms with E-state index in [1.165, 1.54) is 6.21 Å². The third kappa shape index (κ3) is 3.43. The van der Waals surface area contributed by atoms with Gasteiger partial charge in [-0.3, -0.25) is 9.78 Å². The Labute approximate surface area is 150 Å². The van der Waals surface area contributed by atoms with E-state index < -0.39 is 17.1 Å². The molecule has 0 aliphatic heterocycles. The number of aromatic nitrogens is 3. The van der Waals surface area contributed by atoms with Crippen LogP contribution >= 0.6 is 15.9 Å². The van der Waals surface area contributed by atoms with Crippen molar-refractivity contribution in [2.75, 3.05) is 0 Å². The molecule has 0 saturated carbocycles. The van der Waals surface area contributed by atoms with Crippen LogP contribution in [0.1, 0.15) is 11.1 Å². The number of benzene rings is 1. The number of aliphatic imine (C=N–C) groups is 1. The lowest BCUT2D eigenvalue weighted by atomic mass is 10.2.